The molecular formula is C31H26N2O4. The highest BCUT2D eigenvalue weighted by molar-refractivity contribution is 6.10. The molecule has 2 aromatic heterocycles. The number of allylic oxidation sites excluding steroid dienone is 2. The zero-order chi connectivity index (χ0) is 26.0. The Kier molecular flexibility index (Phi) is 8.34. The average Bonchev–Trinajstić information content (AvgIpc) is 2.90. The minimum Gasteiger partial charge on any atom is -0.439 e. The number of ketones is 2. The molecule has 6 nitrogen and oxygen atoms in total. The van der Waals surface area contributed by atoms with Gasteiger partial charge in [0.15, 0.2) is 11.6 Å². The van der Waals surface area contributed by atoms with Crippen molar-refractivity contribution in [3.63, 3.8) is 0 Å². The number of benzene rings is 2. The molecule has 184 valence electrons. The van der Waals surface area contributed by atoms with E-state index in [1.165, 1.54) is 12.2 Å². The minimum atomic E-state index is -0.297. The summed E-state index contributed by atoms with van der Waals surface area (Å²) in [6.07, 6.45) is 8.99. The van der Waals surface area contributed by atoms with E-state index in [1.54, 1.807) is 48.8 Å². The molecule has 0 saturated heterocycles. The molecule has 0 unspecified atom stereocenters. The summed E-state index contributed by atoms with van der Waals surface area (Å²) in [5.41, 5.74) is 3.75. The van der Waals surface area contributed by atoms with E-state index in [1.807, 2.05) is 62.4 Å². The van der Waals surface area contributed by atoms with Crippen molar-refractivity contribution in [2.75, 3.05) is 0 Å². The second-order valence-corrected chi connectivity index (χ2v) is 8.47. The van der Waals surface area contributed by atoms with E-state index < -0.39 is 0 Å². The van der Waals surface area contributed by atoms with Gasteiger partial charge in [0.1, 0.15) is 11.5 Å². The molecule has 2 aromatic carbocycles. The lowest BCUT2D eigenvalue weighted by molar-refractivity contribution is -0.121. The Morgan fingerprint density at radius 1 is 0.622 bits per heavy atom. The third-order valence-electron chi connectivity index (χ3n) is 5.28. The van der Waals surface area contributed by atoms with Gasteiger partial charge in [0.2, 0.25) is 11.8 Å². The van der Waals surface area contributed by atoms with Crippen molar-refractivity contribution in [3.8, 4) is 23.3 Å². The number of hydrogen-bond acceptors (Lipinski definition) is 6. The third kappa shape index (κ3) is 8.11. The lowest BCUT2D eigenvalue weighted by atomic mass is 10.1. The van der Waals surface area contributed by atoms with Crippen LogP contribution in [0.4, 0.5) is 0 Å². The Morgan fingerprint density at radius 3 is 1.38 bits per heavy atom. The first kappa shape index (κ1) is 25.3. The number of rotatable bonds is 10. The standard InChI is InChI=1S/C31H26N2O4/c1-22-3-13-28(14-4-22)36-30-17-9-24(20-32-30)7-11-26(34)19-27(35)12-8-25-10-18-31(33-21-25)37-29-15-5-23(2)6-16-29/h3-18,20-21H,19H2,1-2H3. The Hall–Kier alpha value is -4.84. The van der Waals surface area contributed by atoms with Crippen LogP contribution in [0.1, 0.15) is 28.7 Å². The maximum atomic E-state index is 12.2. The first-order valence-electron chi connectivity index (χ1n) is 11.8. The van der Waals surface area contributed by atoms with Gasteiger partial charge in [-0.05, 0) is 85.7 Å². The number of pyridine rings is 2. The molecule has 0 atom stereocenters. The fourth-order valence-electron chi connectivity index (χ4n) is 3.22. The maximum Gasteiger partial charge on any atom is 0.219 e. The largest absolute Gasteiger partial charge is 0.439 e. The first-order valence-corrected chi connectivity index (χ1v) is 11.8. The molecule has 0 aliphatic carbocycles. The number of carbonyl (C=O) groups is 2. The summed E-state index contributed by atoms with van der Waals surface area (Å²) < 4.78 is 11.4. The van der Waals surface area contributed by atoms with Gasteiger partial charge in [0.25, 0.3) is 0 Å². The third-order valence-corrected chi connectivity index (χ3v) is 5.28. The van der Waals surface area contributed by atoms with Gasteiger partial charge in [-0.2, -0.15) is 0 Å². The SMILES string of the molecule is Cc1ccc(Oc2ccc(C=CC(=O)CC(=O)C=Cc3ccc(Oc4ccc(C)cc4)nc3)cn2)cc1. The van der Waals surface area contributed by atoms with Crippen molar-refractivity contribution in [1.82, 2.24) is 9.97 Å². The van der Waals surface area contributed by atoms with Gasteiger partial charge in [-0.15, -0.1) is 0 Å². The van der Waals surface area contributed by atoms with Crippen molar-refractivity contribution in [2.24, 2.45) is 0 Å². The lowest BCUT2D eigenvalue weighted by Gasteiger charge is -2.05. The Labute approximate surface area is 215 Å². The van der Waals surface area contributed by atoms with Gasteiger partial charge in [0.05, 0.1) is 6.42 Å². The lowest BCUT2D eigenvalue weighted by Crippen LogP contribution is -2.02. The van der Waals surface area contributed by atoms with Crippen LogP contribution >= 0.6 is 0 Å². The van der Waals surface area contributed by atoms with Crippen molar-refractivity contribution in [3.05, 3.63) is 120 Å². The number of ether oxygens (including phenoxy) is 2. The number of hydrogen-bond donors (Lipinski definition) is 0. The summed E-state index contributed by atoms with van der Waals surface area (Å²) in [5, 5.41) is 0. The number of aryl methyl sites for hydroxylation is 2. The second kappa shape index (κ2) is 12.2. The second-order valence-electron chi connectivity index (χ2n) is 8.47. The van der Waals surface area contributed by atoms with E-state index in [-0.39, 0.29) is 18.0 Å². The van der Waals surface area contributed by atoms with E-state index in [2.05, 4.69) is 9.97 Å². The van der Waals surface area contributed by atoms with Gasteiger partial charge in [-0.25, -0.2) is 9.97 Å². The zero-order valence-electron chi connectivity index (χ0n) is 20.6. The highest BCUT2D eigenvalue weighted by Gasteiger charge is 2.05. The molecular weight excluding hydrogens is 464 g/mol. The molecule has 0 bridgehead atoms. The summed E-state index contributed by atoms with van der Waals surface area (Å²) in [6, 6.07) is 22.4. The average molecular weight is 491 g/mol. The van der Waals surface area contributed by atoms with Crippen LogP contribution in [-0.4, -0.2) is 21.5 Å². The quantitative estimate of drug-likeness (QED) is 0.177. The highest BCUT2D eigenvalue weighted by atomic mass is 16.5. The summed E-state index contributed by atoms with van der Waals surface area (Å²) >= 11 is 0. The van der Waals surface area contributed by atoms with Crippen molar-refractivity contribution in [2.45, 2.75) is 20.3 Å². The summed E-state index contributed by atoms with van der Waals surface area (Å²) in [7, 11) is 0. The predicted octanol–water partition coefficient (Wildman–Crippen LogP) is 6.93. The molecule has 4 aromatic rings. The topological polar surface area (TPSA) is 78.4 Å². The van der Waals surface area contributed by atoms with E-state index in [0.717, 1.165) is 22.3 Å². The van der Waals surface area contributed by atoms with Gasteiger partial charge in [0, 0.05) is 24.5 Å². The molecule has 0 saturated carbocycles. The van der Waals surface area contributed by atoms with Gasteiger partial charge in [-0.3, -0.25) is 9.59 Å². The Balaban J connectivity index is 1.24. The molecule has 4 rings (SSSR count). The predicted molar refractivity (Wildman–Crippen MR) is 144 cm³/mol. The number of aromatic nitrogens is 2. The van der Waals surface area contributed by atoms with Crippen LogP contribution in [0.15, 0.2) is 97.3 Å². The van der Waals surface area contributed by atoms with Crippen LogP contribution in [0.25, 0.3) is 12.2 Å². The van der Waals surface area contributed by atoms with Crippen LogP contribution in [0, 0.1) is 13.8 Å². The van der Waals surface area contributed by atoms with E-state index in [0.29, 0.717) is 23.3 Å². The van der Waals surface area contributed by atoms with E-state index >= 15 is 0 Å². The highest BCUT2D eigenvalue weighted by Crippen LogP contribution is 2.21. The van der Waals surface area contributed by atoms with Gasteiger partial charge in [-0.1, -0.05) is 35.4 Å². The molecule has 0 aliphatic rings. The molecule has 0 fully saturated rings. The molecule has 0 aliphatic heterocycles. The minimum absolute atomic E-state index is 0.225. The van der Waals surface area contributed by atoms with E-state index in [4.69, 9.17) is 9.47 Å². The van der Waals surface area contributed by atoms with Gasteiger partial charge >= 0.3 is 0 Å². The summed E-state index contributed by atoms with van der Waals surface area (Å²) in [4.78, 5) is 32.9. The molecule has 0 spiro atoms. The van der Waals surface area contributed by atoms with Crippen LogP contribution in [0.5, 0.6) is 23.3 Å². The van der Waals surface area contributed by atoms with Crippen molar-refractivity contribution in [1.29, 1.82) is 0 Å². The van der Waals surface area contributed by atoms with Crippen LogP contribution < -0.4 is 9.47 Å². The Bertz CT molecular complexity index is 1290. The number of nitrogens with zero attached hydrogens (tertiary/aromatic N) is 2. The Morgan fingerprint density at radius 2 is 1.03 bits per heavy atom. The zero-order valence-corrected chi connectivity index (χ0v) is 20.6. The van der Waals surface area contributed by atoms with Gasteiger partial charge < -0.3 is 9.47 Å². The molecule has 0 N–H and O–H groups in total. The van der Waals surface area contributed by atoms with Crippen molar-refractivity contribution >= 4 is 23.7 Å². The molecule has 37 heavy (non-hydrogen) atoms. The van der Waals surface area contributed by atoms with Crippen LogP contribution in [0.2, 0.25) is 0 Å². The molecule has 2 heterocycles. The monoisotopic (exact) mass is 490 g/mol. The van der Waals surface area contributed by atoms with Crippen LogP contribution in [0.3, 0.4) is 0 Å². The summed E-state index contributed by atoms with van der Waals surface area (Å²) in [5.74, 6) is 1.72. The molecule has 0 radical (unpaired) electrons. The fourth-order valence-corrected chi connectivity index (χ4v) is 3.22. The fraction of sp³-hybridized carbons (Fsp3) is 0.0968. The maximum absolute atomic E-state index is 12.2. The van der Waals surface area contributed by atoms with Crippen LogP contribution in [-0.2, 0) is 9.59 Å². The number of carbonyl (C=O) groups excluding carboxylic acids is 2. The smallest absolute Gasteiger partial charge is 0.219 e. The normalized spacial score (nSPS) is 11.1. The summed E-state index contributed by atoms with van der Waals surface area (Å²) in [6.45, 7) is 4.02. The molecule has 0 amide bonds. The van der Waals surface area contributed by atoms with E-state index in [9.17, 15) is 9.59 Å². The molecule has 6 heteroatoms. The first-order chi connectivity index (χ1) is 17.9. The van der Waals surface area contributed by atoms with Crippen molar-refractivity contribution < 1.29 is 19.1 Å².